The molecule has 26 heavy (non-hydrogen) atoms. The van der Waals surface area contributed by atoms with E-state index in [4.69, 9.17) is 0 Å². The van der Waals surface area contributed by atoms with E-state index < -0.39 is 11.6 Å². The van der Waals surface area contributed by atoms with E-state index in [1.165, 1.54) is 10.9 Å². The number of hydrogen-bond acceptors (Lipinski definition) is 3. The highest BCUT2D eigenvalue weighted by Crippen LogP contribution is 2.18. The van der Waals surface area contributed by atoms with Gasteiger partial charge in [-0.05, 0) is 38.5 Å². The summed E-state index contributed by atoms with van der Waals surface area (Å²) < 4.78 is 26.9. The van der Waals surface area contributed by atoms with Crippen LogP contribution in [0.1, 0.15) is 35.0 Å². The topological polar surface area (TPSA) is 49.3 Å². The van der Waals surface area contributed by atoms with E-state index in [0.29, 0.717) is 19.0 Å². The van der Waals surface area contributed by atoms with Crippen LogP contribution < -0.4 is 10.6 Å². The molecule has 2 rings (SSSR count). The van der Waals surface area contributed by atoms with Gasteiger partial charge >= 0.3 is 0 Å². The number of thiazole rings is 1. The van der Waals surface area contributed by atoms with Crippen LogP contribution in [0.3, 0.4) is 0 Å². The van der Waals surface area contributed by atoms with Gasteiger partial charge in [0.1, 0.15) is 11.6 Å². The molecule has 0 aliphatic carbocycles. The minimum Gasteiger partial charge on any atom is -0.357 e. The van der Waals surface area contributed by atoms with Gasteiger partial charge in [-0.15, -0.1) is 35.3 Å². The molecule has 0 bridgehead atoms. The van der Waals surface area contributed by atoms with Gasteiger partial charge in [0.2, 0.25) is 0 Å². The monoisotopic (exact) mass is 494 g/mol. The fourth-order valence-corrected chi connectivity index (χ4v) is 3.40. The van der Waals surface area contributed by atoms with E-state index >= 15 is 0 Å². The number of aromatic nitrogens is 1. The Kier molecular flexibility index (Phi) is 10.0. The highest BCUT2D eigenvalue weighted by atomic mass is 127. The Bertz CT molecular complexity index is 734. The molecule has 4 nitrogen and oxygen atoms in total. The second-order valence-electron chi connectivity index (χ2n) is 5.57. The third-order valence-corrected chi connectivity index (χ3v) is 4.74. The molecule has 0 radical (unpaired) electrons. The van der Waals surface area contributed by atoms with Crippen LogP contribution in [0.25, 0.3) is 0 Å². The lowest BCUT2D eigenvalue weighted by atomic mass is 10.2. The van der Waals surface area contributed by atoms with Crippen molar-refractivity contribution in [1.82, 2.24) is 15.6 Å². The van der Waals surface area contributed by atoms with Crippen LogP contribution >= 0.6 is 35.3 Å². The Hall–Kier alpha value is -1.29. The first kappa shape index (κ1) is 22.8. The highest BCUT2D eigenvalue weighted by Gasteiger charge is 2.07. The fourth-order valence-electron chi connectivity index (χ4n) is 2.38. The zero-order valence-electron chi connectivity index (χ0n) is 15.2. The Labute approximate surface area is 174 Å². The van der Waals surface area contributed by atoms with E-state index in [1.807, 2.05) is 6.92 Å². The Morgan fingerprint density at radius 2 is 2.00 bits per heavy atom. The molecule has 0 unspecified atom stereocenters. The number of aryl methyl sites for hydroxylation is 2. The molecule has 8 heteroatoms. The summed E-state index contributed by atoms with van der Waals surface area (Å²) in [6, 6.07) is 3.40. The van der Waals surface area contributed by atoms with Gasteiger partial charge < -0.3 is 10.6 Å². The van der Waals surface area contributed by atoms with Crippen molar-refractivity contribution in [2.75, 3.05) is 13.1 Å². The largest absolute Gasteiger partial charge is 0.357 e. The van der Waals surface area contributed by atoms with Gasteiger partial charge in [-0.25, -0.2) is 18.8 Å². The second-order valence-corrected chi connectivity index (χ2v) is 6.86. The van der Waals surface area contributed by atoms with Crippen molar-refractivity contribution in [3.05, 3.63) is 51.0 Å². The number of rotatable bonds is 7. The van der Waals surface area contributed by atoms with Crippen LogP contribution in [0.2, 0.25) is 0 Å². The Morgan fingerprint density at radius 1 is 1.23 bits per heavy atom. The zero-order chi connectivity index (χ0) is 18.2. The molecule has 0 amide bonds. The molecule has 0 aliphatic heterocycles. The van der Waals surface area contributed by atoms with E-state index in [-0.39, 0.29) is 36.1 Å². The third kappa shape index (κ3) is 6.79. The second kappa shape index (κ2) is 11.4. The fraction of sp³-hybridized carbons (Fsp3) is 0.444. The quantitative estimate of drug-likeness (QED) is 0.345. The van der Waals surface area contributed by atoms with E-state index in [1.54, 1.807) is 11.3 Å². The zero-order valence-corrected chi connectivity index (χ0v) is 18.4. The molecule has 0 saturated heterocycles. The van der Waals surface area contributed by atoms with Gasteiger partial charge in [-0.1, -0.05) is 6.92 Å². The van der Waals surface area contributed by atoms with Gasteiger partial charge in [0.05, 0.1) is 17.2 Å². The van der Waals surface area contributed by atoms with Crippen LogP contribution in [0.4, 0.5) is 8.78 Å². The molecule has 2 N–H and O–H groups in total. The summed E-state index contributed by atoms with van der Waals surface area (Å²) in [6.07, 6.45) is 1.74. The molecule has 0 aliphatic rings. The summed E-state index contributed by atoms with van der Waals surface area (Å²) >= 11 is 1.72. The summed E-state index contributed by atoms with van der Waals surface area (Å²) in [5.74, 6) is -0.336. The summed E-state index contributed by atoms with van der Waals surface area (Å²) in [7, 11) is 0. The molecular weight excluding hydrogens is 469 g/mol. The number of nitrogens with zero attached hydrogens (tertiary/aromatic N) is 2. The molecule has 144 valence electrons. The summed E-state index contributed by atoms with van der Waals surface area (Å²) in [5, 5.41) is 7.41. The average molecular weight is 494 g/mol. The predicted octanol–water partition coefficient (Wildman–Crippen LogP) is 4.21. The van der Waals surface area contributed by atoms with Crippen molar-refractivity contribution in [3.63, 3.8) is 0 Å². The van der Waals surface area contributed by atoms with Crippen LogP contribution in [-0.4, -0.2) is 24.0 Å². The van der Waals surface area contributed by atoms with Crippen molar-refractivity contribution >= 4 is 41.3 Å². The molecule has 0 saturated carbocycles. The molecule has 2 aromatic rings. The summed E-state index contributed by atoms with van der Waals surface area (Å²) in [6.45, 7) is 7.59. The maximum atomic E-state index is 13.7. The van der Waals surface area contributed by atoms with Crippen molar-refractivity contribution in [3.8, 4) is 0 Å². The number of benzene rings is 1. The number of halogens is 3. The molecular formula is C18H25F2IN4S. The number of nitrogens with one attached hydrogen (secondary N) is 2. The van der Waals surface area contributed by atoms with Crippen molar-refractivity contribution in [2.24, 2.45) is 4.99 Å². The average Bonchev–Trinajstić information content (AvgIpc) is 2.95. The smallest absolute Gasteiger partial charge is 0.191 e. The lowest BCUT2D eigenvalue weighted by Gasteiger charge is -2.11. The van der Waals surface area contributed by atoms with E-state index in [0.717, 1.165) is 35.7 Å². The van der Waals surface area contributed by atoms with Gasteiger partial charge in [-0.2, -0.15) is 0 Å². The number of guanidine groups is 1. The third-order valence-electron chi connectivity index (χ3n) is 3.66. The maximum absolute atomic E-state index is 13.7. The summed E-state index contributed by atoms with van der Waals surface area (Å²) in [4.78, 5) is 10.2. The van der Waals surface area contributed by atoms with E-state index in [2.05, 4.69) is 34.5 Å². The van der Waals surface area contributed by atoms with Crippen LogP contribution in [0.5, 0.6) is 0 Å². The first-order chi connectivity index (χ1) is 12.0. The van der Waals surface area contributed by atoms with Crippen molar-refractivity contribution in [1.29, 1.82) is 0 Å². The predicted molar refractivity (Wildman–Crippen MR) is 115 cm³/mol. The molecule has 1 aromatic carbocycles. The SMILES string of the molecule is CCNC(=NCc1cc(F)ccc1F)NCCc1nc(CC)c(C)s1.I. The lowest BCUT2D eigenvalue weighted by molar-refractivity contribution is 0.585. The van der Waals surface area contributed by atoms with Gasteiger partial charge in [0, 0.05) is 30.0 Å². The number of aliphatic imine (C=N–C) groups is 1. The molecule has 0 fully saturated rings. The van der Waals surface area contributed by atoms with Crippen molar-refractivity contribution in [2.45, 2.75) is 40.2 Å². The van der Waals surface area contributed by atoms with E-state index in [9.17, 15) is 8.78 Å². The van der Waals surface area contributed by atoms with Gasteiger partial charge in [-0.3, -0.25) is 0 Å². The van der Waals surface area contributed by atoms with Crippen LogP contribution in [-0.2, 0) is 19.4 Å². The first-order valence-electron chi connectivity index (χ1n) is 8.44. The number of hydrogen-bond donors (Lipinski definition) is 2. The van der Waals surface area contributed by atoms with Crippen LogP contribution in [0, 0.1) is 18.6 Å². The minimum atomic E-state index is -0.463. The minimum absolute atomic E-state index is 0. The molecule has 1 heterocycles. The van der Waals surface area contributed by atoms with Gasteiger partial charge in [0.15, 0.2) is 5.96 Å². The Balaban J connectivity index is 0.00000338. The van der Waals surface area contributed by atoms with Crippen LogP contribution in [0.15, 0.2) is 23.2 Å². The normalized spacial score (nSPS) is 11.2. The molecule has 0 atom stereocenters. The van der Waals surface area contributed by atoms with Crippen molar-refractivity contribution < 1.29 is 8.78 Å². The molecule has 1 aromatic heterocycles. The molecule has 0 spiro atoms. The Morgan fingerprint density at radius 3 is 2.65 bits per heavy atom. The maximum Gasteiger partial charge on any atom is 0.191 e. The summed E-state index contributed by atoms with van der Waals surface area (Å²) in [5.41, 5.74) is 1.39. The standard InChI is InChI=1S/C18H24F2N4S.HI/c1-4-16-12(3)25-17(24-16)8-9-22-18(21-5-2)23-11-13-10-14(19)6-7-15(13)20;/h6-7,10H,4-5,8-9,11H2,1-3H3,(H2,21,22,23);1H. The van der Waals surface area contributed by atoms with Gasteiger partial charge in [0.25, 0.3) is 0 Å². The first-order valence-corrected chi connectivity index (χ1v) is 9.26. The highest BCUT2D eigenvalue weighted by molar-refractivity contribution is 14.0. The lowest BCUT2D eigenvalue weighted by Crippen LogP contribution is -2.38.